The van der Waals surface area contributed by atoms with E-state index < -0.39 is 0 Å². The topological polar surface area (TPSA) is 40.9 Å². The van der Waals surface area contributed by atoms with E-state index in [-0.39, 0.29) is 10.6 Å². The smallest absolute Gasteiger partial charge is 0.177 e. The summed E-state index contributed by atoms with van der Waals surface area (Å²) in [7, 11) is 0. The van der Waals surface area contributed by atoms with E-state index in [1.54, 1.807) is 0 Å². The van der Waals surface area contributed by atoms with Crippen molar-refractivity contribution in [2.75, 3.05) is 0 Å². The highest BCUT2D eigenvalue weighted by molar-refractivity contribution is 9.10. The molecule has 2 nitrogen and oxygen atoms in total. The van der Waals surface area contributed by atoms with Gasteiger partial charge in [-0.05, 0) is 17.5 Å². The highest BCUT2D eigenvalue weighted by atomic mass is 79.9. The second-order valence-electron chi connectivity index (χ2n) is 3.31. The summed E-state index contributed by atoms with van der Waals surface area (Å²) >= 11 is 3.34. The Morgan fingerprint density at radius 1 is 1.57 bits per heavy atom. The van der Waals surface area contributed by atoms with Crippen LogP contribution in [0.2, 0.25) is 0 Å². The Hall–Kier alpha value is -1.14. The third-order valence-electron chi connectivity index (χ3n) is 2.48. The highest BCUT2D eigenvalue weighted by Crippen LogP contribution is 2.29. The number of hydrogen-bond donors (Lipinski definition) is 0. The van der Waals surface area contributed by atoms with Crippen LogP contribution in [0.1, 0.15) is 21.5 Å². The van der Waals surface area contributed by atoms with E-state index in [9.17, 15) is 4.79 Å². The van der Waals surface area contributed by atoms with Crippen LogP contribution in [-0.4, -0.2) is 10.6 Å². The van der Waals surface area contributed by atoms with E-state index in [1.165, 1.54) is 0 Å². The third kappa shape index (κ3) is 1.36. The monoisotopic (exact) mass is 249 g/mol. The lowest BCUT2D eigenvalue weighted by Crippen LogP contribution is -2.05. The molecule has 1 aromatic carbocycles. The van der Waals surface area contributed by atoms with Crippen molar-refractivity contribution in [3.63, 3.8) is 0 Å². The summed E-state index contributed by atoms with van der Waals surface area (Å²) in [6, 6.07) is 7.71. The minimum Gasteiger partial charge on any atom is -0.293 e. The van der Waals surface area contributed by atoms with Gasteiger partial charge in [0.25, 0.3) is 0 Å². The second kappa shape index (κ2) is 3.55. The number of alkyl halides is 1. The van der Waals surface area contributed by atoms with E-state index in [0.29, 0.717) is 12.8 Å². The molecule has 0 bridgehead atoms. The van der Waals surface area contributed by atoms with Crippen LogP contribution in [0, 0.1) is 11.3 Å². The fraction of sp³-hybridized carbons (Fsp3) is 0.273. The zero-order valence-electron chi connectivity index (χ0n) is 7.46. The lowest BCUT2D eigenvalue weighted by Gasteiger charge is -2.02. The number of halogens is 1. The van der Waals surface area contributed by atoms with Gasteiger partial charge in [-0.2, -0.15) is 5.26 Å². The normalized spacial score (nSPS) is 19.1. The Bertz CT molecular complexity index is 433. The zero-order chi connectivity index (χ0) is 10.1. The van der Waals surface area contributed by atoms with Gasteiger partial charge >= 0.3 is 0 Å². The highest BCUT2D eigenvalue weighted by Gasteiger charge is 2.29. The molecule has 70 valence electrons. The van der Waals surface area contributed by atoms with Gasteiger partial charge in [0.15, 0.2) is 5.78 Å². The standard InChI is InChI=1S/C11H8BrNO/c12-10-6-9-7(4-5-13)2-1-3-8(9)11(10)14/h1-3,10H,4,6H2. The van der Waals surface area contributed by atoms with Gasteiger partial charge in [0.2, 0.25) is 0 Å². The molecule has 14 heavy (non-hydrogen) atoms. The molecule has 2 rings (SSSR count). The van der Waals surface area contributed by atoms with Gasteiger partial charge in [-0.15, -0.1) is 0 Å². The summed E-state index contributed by atoms with van der Waals surface area (Å²) in [6.45, 7) is 0. The molecule has 0 saturated heterocycles. The van der Waals surface area contributed by atoms with Crippen molar-refractivity contribution in [3.05, 3.63) is 34.9 Å². The maximum Gasteiger partial charge on any atom is 0.177 e. The number of carbonyl (C=O) groups is 1. The predicted octanol–water partition coefficient (Wildman–Crippen LogP) is 2.25. The van der Waals surface area contributed by atoms with E-state index in [0.717, 1.165) is 16.7 Å². The molecular formula is C11H8BrNO. The molecule has 1 atom stereocenters. The molecule has 1 aliphatic rings. The molecule has 0 aliphatic heterocycles. The summed E-state index contributed by atoms with van der Waals surface area (Å²) in [5, 5.41) is 8.64. The average Bonchev–Trinajstić information content (AvgIpc) is 2.46. The summed E-state index contributed by atoms with van der Waals surface area (Å²) in [4.78, 5) is 11.5. The Balaban J connectivity index is 2.51. The molecule has 3 heteroatoms. The molecule has 1 aliphatic carbocycles. The number of ketones is 1. The Labute approximate surface area is 90.7 Å². The molecule has 0 spiro atoms. The molecule has 0 radical (unpaired) electrons. The van der Waals surface area contributed by atoms with Crippen LogP contribution < -0.4 is 0 Å². The maximum absolute atomic E-state index is 11.6. The molecule has 0 aromatic heterocycles. The van der Waals surface area contributed by atoms with Gasteiger partial charge in [0.1, 0.15) is 0 Å². The summed E-state index contributed by atoms with van der Waals surface area (Å²) < 4.78 is 0. The molecule has 0 heterocycles. The summed E-state index contributed by atoms with van der Waals surface area (Å²) in [5.74, 6) is 0.139. The molecule has 0 fully saturated rings. The van der Waals surface area contributed by atoms with Crippen LogP contribution in [0.4, 0.5) is 0 Å². The minimum absolute atomic E-state index is 0.0997. The Morgan fingerprint density at radius 2 is 2.36 bits per heavy atom. The van der Waals surface area contributed by atoms with Crippen molar-refractivity contribution in [1.82, 2.24) is 0 Å². The van der Waals surface area contributed by atoms with Crippen molar-refractivity contribution in [2.45, 2.75) is 17.7 Å². The first-order valence-corrected chi connectivity index (χ1v) is 5.31. The molecule has 0 saturated carbocycles. The largest absolute Gasteiger partial charge is 0.293 e. The van der Waals surface area contributed by atoms with Crippen LogP contribution in [0.15, 0.2) is 18.2 Å². The van der Waals surface area contributed by atoms with Gasteiger partial charge < -0.3 is 0 Å². The van der Waals surface area contributed by atoms with Crippen molar-refractivity contribution in [3.8, 4) is 6.07 Å². The number of Topliss-reactive ketones (excluding diaryl/α,β-unsaturated/α-hetero) is 1. The first-order valence-electron chi connectivity index (χ1n) is 4.40. The number of nitrogens with zero attached hydrogens (tertiary/aromatic N) is 1. The van der Waals surface area contributed by atoms with Gasteiger partial charge in [-0.3, -0.25) is 4.79 Å². The number of benzene rings is 1. The third-order valence-corrected chi connectivity index (χ3v) is 3.22. The number of rotatable bonds is 1. The minimum atomic E-state index is -0.0997. The number of hydrogen-bond acceptors (Lipinski definition) is 2. The van der Waals surface area contributed by atoms with Crippen molar-refractivity contribution >= 4 is 21.7 Å². The summed E-state index contributed by atoms with van der Waals surface area (Å²) in [5.41, 5.74) is 2.81. The maximum atomic E-state index is 11.6. The van der Waals surface area contributed by atoms with Crippen LogP contribution >= 0.6 is 15.9 Å². The van der Waals surface area contributed by atoms with E-state index in [4.69, 9.17) is 5.26 Å². The fourth-order valence-electron chi connectivity index (χ4n) is 1.80. The lowest BCUT2D eigenvalue weighted by atomic mass is 10.0. The van der Waals surface area contributed by atoms with E-state index in [1.807, 2.05) is 18.2 Å². The van der Waals surface area contributed by atoms with E-state index >= 15 is 0 Å². The predicted molar refractivity (Wildman–Crippen MR) is 56.5 cm³/mol. The van der Waals surface area contributed by atoms with Crippen LogP contribution in [-0.2, 0) is 12.8 Å². The molecule has 0 amide bonds. The van der Waals surface area contributed by atoms with Crippen LogP contribution in [0.25, 0.3) is 0 Å². The SMILES string of the molecule is N#CCc1cccc2c1CC(Br)C2=O. The lowest BCUT2D eigenvalue weighted by molar-refractivity contribution is 0.100. The van der Waals surface area contributed by atoms with Crippen LogP contribution in [0.5, 0.6) is 0 Å². The number of fused-ring (bicyclic) bond motifs is 1. The van der Waals surface area contributed by atoms with Gasteiger partial charge in [-0.25, -0.2) is 0 Å². The van der Waals surface area contributed by atoms with Gasteiger partial charge in [0.05, 0.1) is 17.3 Å². The Kier molecular flexibility index (Phi) is 2.39. The fourth-order valence-corrected chi connectivity index (χ4v) is 2.37. The summed E-state index contributed by atoms with van der Waals surface area (Å²) in [6.07, 6.45) is 1.10. The van der Waals surface area contributed by atoms with Gasteiger partial charge in [-0.1, -0.05) is 34.1 Å². The molecular weight excluding hydrogens is 242 g/mol. The quantitative estimate of drug-likeness (QED) is 0.717. The number of nitriles is 1. The number of carbonyl (C=O) groups excluding carboxylic acids is 1. The second-order valence-corrected chi connectivity index (χ2v) is 4.42. The first-order chi connectivity index (χ1) is 6.74. The van der Waals surface area contributed by atoms with Crippen molar-refractivity contribution < 1.29 is 4.79 Å². The van der Waals surface area contributed by atoms with E-state index in [2.05, 4.69) is 22.0 Å². The Morgan fingerprint density at radius 3 is 3.07 bits per heavy atom. The first kappa shape index (κ1) is 9.42. The van der Waals surface area contributed by atoms with Crippen molar-refractivity contribution in [2.24, 2.45) is 0 Å². The zero-order valence-corrected chi connectivity index (χ0v) is 9.04. The van der Waals surface area contributed by atoms with Crippen LogP contribution in [0.3, 0.4) is 0 Å². The molecule has 0 N–H and O–H groups in total. The van der Waals surface area contributed by atoms with Crippen molar-refractivity contribution in [1.29, 1.82) is 5.26 Å². The molecule has 1 unspecified atom stereocenters. The average molecular weight is 250 g/mol. The van der Waals surface area contributed by atoms with Gasteiger partial charge in [0, 0.05) is 5.56 Å². The molecule has 1 aromatic rings.